The van der Waals surface area contributed by atoms with Crippen LogP contribution in [0.4, 0.5) is 17.1 Å². The van der Waals surface area contributed by atoms with Gasteiger partial charge in [0.05, 0.1) is 17.5 Å². The Kier molecular flexibility index (Phi) is 6.72. The topological polar surface area (TPSA) is 78.0 Å². The molecule has 0 aromatic heterocycles. The van der Waals surface area contributed by atoms with Crippen molar-refractivity contribution in [3.05, 3.63) is 88.9 Å². The lowest BCUT2D eigenvalue weighted by molar-refractivity contribution is -0.117. The summed E-state index contributed by atoms with van der Waals surface area (Å²) < 4.78 is 26.0. The van der Waals surface area contributed by atoms with E-state index < -0.39 is 10.0 Å². The van der Waals surface area contributed by atoms with Gasteiger partial charge in [-0.15, -0.1) is 0 Å². The number of halogens is 1. The summed E-state index contributed by atoms with van der Waals surface area (Å²) in [5, 5.41) is 0.592. The summed E-state index contributed by atoms with van der Waals surface area (Å²) in [6, 6.07) is 21.1. The zero-order valence-electron chi connectivity index (χ0n) is 20.7. The largest absolute Gasteiger partial charge is 0.305 e. The van der Waals surface area contributed by atoms with E-state index in [0.29, 0.717) is 35.7 Å². The van der Waals surface area contributed by atoms with E-state index in [1.54, 1.807) is 53.1 Å². The van der Waals surface area contributed by atoms with Gasteiger partial charge in [-0.2, -0.15) is 0 Å². The Morgan fingerprint density at radius 2 is 1.65 bits per heavy atom. The van der Waals surface area contributed by atoms with Gasteiger partial charge in [0.25, 0.3) is 5.91 Å². The number of nitrogens with zero attached hydrogens (tertiary/aromatic N) is 3. The van der Waals surface area contributed by atoms with E-state index in [0.717, 1.165) is 16.9 Å². The van der Waals surface area contributed by atoms with Gasteiger partial charge in [-0.1, -0.05) is 29.8 Å². The second kappa shape index (κ2) is 9.84. The molecule has 0 unspecified atom stereocenters. The molecule has 7 nitrogen and oxygen atoms in total. The van der Waals surface area contributed by atoms with Gasteiger partial charge in [-0.25, -0.2) is 8.42 Å². The quantitative estimate of drug-likeness (QED) is 0.445. The van der Waals surface area contributed by atoms with Crippen molar-refractivity contribution in [1.82, 2.24) is 0 Å². The Bertz CT molecular complexity index is 1440. The number of anilines is 3. The molecule has 2 amide bonds. The highest BCUT2D eigenvalue weighted by Gasteiger charge is 2.38. The molecule has 5 rings (SSSR count). The Morgan fingerprint density at radius 1 is 0.973 bits per heavy atom. The summed E-state index contributed by atoms with van der Waals surface area (Å²) >= 11 is 6.08. The molecule has 2 heterocycles. The van der Waals surface area contributed by atoms with Gasteiger partial charge in [0, 0.05) is 41.5 Å². The first kappa shape index (κ1) is 25.3. The summed E-state index contributed by atoms with van der Waals surface area (Å²) in [6.07, 6.45) is 1.15. The fourth-order valence-corrected chi connectivity index (χ4v) is 7.05. The molecule has 3 aromatic carbocycles. The van der Waals surface area contributed by atoms with Crippen LogP contribution in [-0.4, -0.2) is 38.6 Å². The van der Waals surface area contributed by atoms with Crippen LogP contribution in [0.25, 0.3) is 0 Å². The average molecular weight is 538 g/mol. The van der Waals surface area contributed by atoms with Crippen molar-refractivity contribution in [2.75, 3.05) is 26.4 Å². The highest BCUT2D eigenvalue weighted by molar-refractivity contribution is 7.93. The fraction of sp³-hybridized carbons (Fsp3) is 0.286. The molecule has 0 radical (unpaired) electrons. The number of hydrogen-bond acceptors (Lipinski definition) is 4. The minimum absolute atomic E-state index is 0.0958. The number of benzene rings is 3. The van der Waals surface area contributed by atoms with Gasteiger partial charge in [0.1, 0.15) is 0 Å². The summed E-state index contributed by atoms with van der Waals surface area (Å²) in [7, 11) is -3.29. The van der Waals surface area contributed by atoms with Crippen LogP contribution in [0.1, 0.15) is 48.7 Å². The SMILES string of the molecule is CC(=O)N(c1ccc(Cl)cc1)[C@@H]1C[C@H](C)N(C(=O)c2ccc(N3CCCS3(=O)=O)cc2)c2ccccc21. The van der Waals surface area contributed by atoms with Gasteiger partial charge in [-0.05, 0) is 79.9 Å². The maximum absolute atomic E-state index is 13.7. The monoisotopic (exact) mass is 537 g/mol. The minimum atomic E-state index is -3.29. The molecule has 0 N–H and O–H groups in total. The molecule has 3 aromatic rings. The fourth-order valence-electron chi connectivity index (χ4n) is 5.36. The molecule has 37 heavy (non-hydrogen) atoms. The first-order valence-electron chi connectivity index (χ1n) is 12.3. The zero-order valence-corrected chi connectivity index (χ0v) is 22.2. The molecule has 2 atom stereocenters. The molecule has 0 bridgehead atoms. The minimum Gasteiger partial charge on any atom is -0.305 e. The van der Waals surface area contributed by atoms with Gasteiger partial charge in [0.2, 0.25) is 15.9 Å². The van der Waals surface area contributed by atoms with E-state index in [1.807, 2.05) is 43.3 Å². The average Bonchev–Trinajstić information content (AvgIpc) is 3.23. The Hall–Kier alpha value is -3.36. The molecule has 1 saturated heterocycles. The van der Waals surface area contributed by atoms with E-state index in [-0.39, 0.29) is 29.7 Å². The predicted octanol–water partition coefficient (Wildman–Crippen LogP) is 5.41. The van der Waals surface area contributed by atoms with Crippen LogP contribution >= 0.6 is 11.6 Å². The van der Waals surface area contributed by atoms with E-state index in [9.17, 15) is 18.0 Å². The lowest BCUT2D eigenvalue weighted by atomic mass is 9.89. The van der Waals surface area contributed by atoms with Crippen LogP contribution in [0.2, 0.25) is 5.02 Å². The lowest BCUT2D eigenvalue weighted by Crippen LogP contribution is -2.47. The van der Waals surface area contributed by atoms with E-state index in [2.05, 4.69) is 0 Å². The number of hydrogen-bond donors (Lipinski definition) is 0. The van der Waals surface area contributed by atoms with Gasteiger partial charge < -0.3 is 9.80 Å². The summed E-state index contributed by atoms with van der Waals surface area (Å²) in [5.74, 6) is -0.124. The number of para-hydroxylation sites is 1. The highest BCUT2D eigenvalue weighted by atomic mass is 35.5. The van der Waals surface area contributed by atoms with Crippen molar-refractivity contribution < 1.29 is 18.0 Å². The summed E-state index contributed by atoms with van der Waals surface area (Å²) in [4.78, 5) is 30.1. The third kappa shape index (κ3) is 4.71. The third-order valence-corrected chi connectivity index (χ3v) is 9.16. The molecule has 1 fully saturated rings. The van der Waals surface area contributed by atoms with Crippen LogP contribution in [-0.2, 0) is 14.8 Å². The number of carbonyl (C=O) groups excluding carboxylic acids is 2. The Morgan fingerprint density at radius 3 is 2.27 bits per heavy atom. The van der Waals surface area contributed by atoms with Crippen LogP contribution < -0.4 is 14.1 Å². The Labute approximate surface area is 222 Å². The van der Waals surface area contributed by atoms with E-state index >= 15 is 0 Å². The standard InChI is InChI=1S/C28H28ClN3O4S/c1-19-18-27(32(20(2)33)24-14-10-22(29)11-15-24)25-6-3-4-7-26(25)31(19)28(34)21-8-12-23(13-9-21)30-16-5-17-37(30,35)36/h3-4,6-15,19,27H,5,16-18H2,1-2H3/t19-,27+/m0/s1. The molecule has 2 aliphatic rings. The lowest BCUT2D eigenvalue weighted by Gasteiger charge is -2.43. The van der Waals surface area contributed by atoms with Crippen LogP contribution in [0.5, 0.6) is 0 Å². The molecule has 0 aliphatic carbocycles. The second-order valence-electron chi connectivity index (χ2n) is 9.49. The first-order valence-corrected chi connectivity index (χ1v) is 14.2. The van der Waals surface area contributed by atoms with Crippen LogP contribution in [0.15, 0.2) is 72.8 Å². The number of amides is 2. The molecular formula is C28H28ClN3O4S. The summed E-state index contributed by atoms with van der Waals surface area (Å²) in [5.41, 5.74) is 3.43. The summed E-state index contributed by atoms with van der Waals surface area (Å²) in [6.45, 7) is 3.97. The molecule has 2 aliphatic heterocycles. The normalized spacial score (nSPS) is 20.4. The number of fused-ring (bicyclic) bond motifs is 1. The van der Waals surface area contributed by atoms with Crippen molar-refractivity contribution >= 4 is 50.5 Å². The van der Waals surface area contributed by atoms with Crippen molar-refractivity contribution in [3.8, 4) is 0 Å². The van der Waals surface area contributed by atoms with Crippen molar-refractivity contribution in [2.45, 2.75) is 38.8 Å². The number of sulfonamides is 1. The van der Waals surface area contributed by atoms with E-state index in [4.69, 9.17) is 11.6 Å². The molecule has 9 heteroatoms. The molecule has 0 spiro atoms. The van der Waals surface area contributed by atoms with Gasteiger partial charge in [-0.3, -0.25) is 13.9 Å². The maximum atomic E-state index is 13.7. The van der Waals surface area contributed by atoms with Crippen molar-refractivity contribution in [1.29, 1.82) is 0 Å². The number of rotatable bonds is 4. The van der Waals surface area contributed by atoms with Gasteiger partial charge >= 0.3 is 0 Å². The van der Waals surface area contributed by atoms with Crippen LogP contribution in [0.3, 0.4) is 0 Å². The Balaban J connectivity index is 1.48. The highest BCUT2D eigenvalue weighted by Crippen LogP contribution is 2.43. The predicted molar refractivity (Wildman–Crippen MR) is 147 cm³/mol. The second-order valence-corrected chi connectivity index (χ2v) is 11.9. The van der Waals surface area contributed by atoms with Crippen LogP contribution in [0, 0.1) is 0 Å². The molecular weight excluding hydrogens is 510 g/mol. The van der Waals surface area contributed by atoms with Crippen molar-refractivity contribution in [2.24, 2.45) is 0 Å². The first-order chi connectivity index (χ1) is 17.7. The van der Waals surface area contributed by atoms with Crippen molar-refractivity contribution in [3.63, 3.8) is 0 Å². The third-order valence-electron chi connectivity index (χ3n) is 7.04. The number of carbonyl (C=O) groups is 2. The zero-order chi connectivity index (χ0) is 26.3. The van der Waals surface area contributed by atoms with E-state index in [1.165, 1.54) is 4.31 Å². The maximum Gasteiger partial charge on any atom is 0.258 e. The molecule has 0 saturated carbocycles. The van der Waals surface area contributed by atoms with Gasteiger partial charge in [0.15, 0.2) is 0 Å². The molecule has 192 valence electrons. The smallest absolute Gasteiger partial charge is 0.258 e.